The fraction of sp³-hybridized carbons (Fsp3) is 0.273. The number of rotatable bonds is 6. The molecule has 0 saturated heterocycles. The molecule has 2 aromatic rings. The molecule has 0 amide bonds. The van der Waals surface area contributed by atoms with Gasteiger partial charge in [-0.15, -0.1) is 11.3 Å². The van der Waals surface area contributed by atoms with Crippen molar-refractivity contribution < 1.29 is 18.3 Å². The van der Waals surface area contributed by atoms with Gasteiger partial charge in [0.15, 0.2) is 0 Å². The Morgan fingerprint density at radius 1 is 1.62 bits per heavy atom. The molecule has 7 nitrogen and oxygen atoms in total. The van der Waals surface area contributed by atoms with Crippen LogP contribution in [-0.4, -0.2) is 35.5 Å². The summed E-state index contributed by atoms with van der Waals surface area (Å²) in [5.41, 5.74) is 1.31. The lowest BCUT2D eigenvalue weighted by Gasteiger charge is -2.13. The second-order valence-electron chi connectivity index (χ2n) is 4.32. The number of aliphatic carboxylic acids is 1. The van der Waals surface area contributed by atoms with E-state index in [1.165, 1.54) is 18.6 Å². The van der Waals surface area contributed by atoms with E-state index in [9.17, 15) is 18.3 Å². The maximum absolute atomic E-state index is 12.2. The molecule has 0 radical (unpaired) electrons. The first kappa shape index (κ1) is 16.1. The lowest BCUT2D eigenvalue weighted by molar-refractivity contribution is -0.138. The lowest BCUT2D eigenvalue weighted by atomic mass is 10.2. The SMILES string of the molecule is Cc1cc(S(=O)(=O)NC(Cc2cnc[nH]2)C(=O)O)sc1Br. The van der Waals surface area contributed by atoms with Gasteiger partial charge in [-0.2, -0.15) is 4.72 Å². The number of carboxylic acids is 1. The third-order valence-corrected chi connectivity index (χ3v) is 6.76. The minimum atomic E-state index is -3.89. The third-order valence-electron chi connectivity index (χ3n) is 2.67. The summed E-state index contributed by atoms with van der Waals surface area (Å²) >= 11 is 4.29. The predicted octanol–water partition coefficient (Wildman–Crippen LogP) is 1.52. The van der Waals surface area contributed by atoms with Crippen molar-refractivity contribution >= 4 is 43.3 Å². The van der Waals surface area contributed by atoms with Gasteiger partial charge in [0.25, 0.3) is 10.0 Å². The van der Waals surface area contributed by atoms with Crippen molar-refractivity contribution in [2.24, 2.45) is 0 Å². The van der Waals surface area contributed by atoms with E-state index in [0.717, 1.165) is 16.9 Å². The summed E-state index contributed by atoms with van der Waals surface area (Å²) in [6.07, 6.45) is 2.85. The van der Waals surface area contributed by atoms with Gasteiger partial charge in [-0.3, -0.25) is 4.79 Å². The van der Waals surface area contributed by atoms with E-state index in [2.05, 4.69) is 30.6 Å². The number of aromatic amines is 1. The average Bonchev–Trinajstić information content (AvgIpc) is 3.00. The highest BCUT2D eigenvalue weighted by Gasteiger charge is 2.27. The molecule has 2 rings (SSSR count). The number of nitrogens with one attached hydrogen (secondary N) is 2. The van der Waals surface area contributed by atoms with Crippen LogP contribution in [-0.2, 0) is 21.2 Å². The number of H-pyrrole nitrogens is 1. The zero-order valence-electron chi connectivity index (χ0n) is 10.8. The number of carboxylic acid groups (broad SMARTS) is 1. The number of aromatic nitrogens is 2. The Morgan fingerprint density at radius 2 is 2.33 bits per heavy atom. The molecule has 10 heteroatoms. The van der Waals surface area contributed by atoms with Gasteiger partial charge in [0, 0.05) is 18.3 Å². The molecule has 0 aromatic carbocycles. The lowest BCUT2D eigenvalue weighted by Crippen LogP contribution is -2.42. The van der Waals surface area contributed by atoms with Crippen molar-refractivity contribution in [2.75, 3.05) is 0 Å². The first-order chi connectivity index (χ1) is 9.79. The molecule has 0 aliphatic heterocycles. The van der Waals surface area contributed by atoms with Gasteiger partial charge >= 0.3 is 5.97 Å². The van der Waals surface area contributed by atoms with E-state index in [4.69, 9.17) is 0 Å². The summed E-state index contributed by atoms with van der Waals surface area (Å²) < 4.78 is 27.4. The molecule has 1 atom stereocenters. The molecule has 1 unspecified atom stereocenters. The van der Waals surface area contributed by atoms with E-state index >= 15 is 0 Å². The maximum Gasteiger partial charge on any atom is 0.322 e. The number of imidazole rings is 1. The summed E-state index contributed by atoms with van der Waals surface area (Å²) in [7, 11) is -3.89. The van der Waals surface area contributed by atoms with Gasteiger partial charge in [-0.05, 0) is 34.5 Å². The fourth-order valence-electron chi connectivity index (χ4n) is 1.61. The quantitative estimate of drug-likeness (QED) is 0.688. The second-order valence-corrected chi connectivity index (χ2v) is 8.63. The molecule has 0 saturated carbocycles. The van der Waals surface area contributed by atoms with Gasteiger partial charge in [-0.1, -0.05) is 0 Å². The molecule has 0 fully saturated rings. The van der Waals surface area contributed by atoms with Gasteiger partial charge in [0.1, 0.15) is 10.3 Å². The Kier molecular flexibility index (Phi) is 4.81. The Bertz CT molecular complexity index is 720. The summed E-state index contributed by atoms with van der Waals surface area (Å²) in [4.78, 5) is 17.8. The van der Waals surface area contributed by atoms with Crippen molar-refractivity contribution in [3.05, 3.63) is 33.6 Å². The van der Waals surface area contributed by atoms with Crippen molar-refractivity contribution in [3.63, 3.8) is 0 Å². The largest absolute Gasteiger partial charge is 0.480 e. The number of aryl methyl sites for hydroxylation is 1. The maximum atomic E-state index is 12.2. The molecular weight excluding hydrogens is 382 g/mol. The highest BCUT2D eigenvalue weighted by atomic mass is 79.9. The standard InChI is InChI=1S/C11H12BrN3O4S2/c1-6-2-9(20-10(6)12)21(18,19)15-8(11(16)17)3-7-4-13-5-14-7/h2,4-5,8,15H,3H2,1H3,(H,13,14)(H,16,17). The number of hydrogen-bond acceptors (Lipinski definition) is 5. The third kappa shape index (κ3) is 3.90. The van der Waals surface area contributed by atoms with Crippen molar-refractivity contribution in [1.29, 1.82) is 0 Å². The van der Waals surface area contributed by atoms with Crippen LogP contribution in [0.25, 0.3) is 0 Å². The number of nitrogens with zero attached hydrogens (tertiary/aromatic N) is 1. The zero-order valence-corrected chi connectivity index (χ0v) is 14.0. The molecule has 21 heavy (non-hydrogen) atoms. The molecule has 0 aliphatic carbocycles. The Morgan fingerprint density at radius 3 is 2.81 bits per heavy atom. The van der Waals surface area contributed by atoms with Crippen LogP contribution in [0.15, 0.2) is 26.6 Å². The Hall–Kier alpha value is -1.23. The van der Waals surface area contributed by atoms with Crippen LogP contribution < -0.4 is 4.72 Å². The van der Waals surface area contributed by atoms with Gasteiger partial charge in [0.05, 0.1) is 10.1 Å². The summed E-state index contributed by atoms with van der Waals surface area (Å²) in [6.45, 7) is 1.76. The number of sulfonamides is 1. The van der Waals surface area contributed by atoms with Crippen LogP contribution in [0.5, 0.6) is 0 Å². The van der Waals surface area contributed by atoms with Gasteiger partial charge < -0.3 is 10.1 Å². The Labute approximate surface area is 133 Å². The minimum Gasteiger partial charge on any atom is -0.480 e. The minimum absolute atomic E-state index is 0.0138. The van der Waals surface area contributed by atoms with Crippen molar-refractivity contribution in [3.8, 4) is 0 Å². The molecular formula is C11H12BrN3O4S2. The second kappa shape index (κ2) is 6.26. The average molecular weight is 394 g/mol. The van der Waals surface area contributed by atoms with Crippen LogP contribution >= 0.6 is 27.3 Å². The summed E-state index contributed by atoms with van der Waals surface area (Å²) in [5.74, 6) is -1.25. The first-order valence-corrected chi connectivity index (χ1v) is 8.87. The molecule has 114 valence electrons. The van der Waals surface area contributed by atoms with Crippen molar-refractivity contribution in [1.82, 2.24) is 14.7 Å². The number of thiophene rings is 1. The van der Waals surface area contributed by atoms with Crippen LogP contribution in [0.3, 0.4) is 0 Å². The number of carbonyl (C=O) groups is 1. The fourth-order valence-corrected chi connectivity index (χ4v) is 5.04. The number of hydrogen-bond donors (Lipinski definition) is 3. The molecule has 0 bridgehead atoms. The Balaban J connectivity index is 2.21. The molecule has 2 aromatic heterocycles. The predicted molar refractivity (Wildman–Crippen MR) is 80.8 cm³/mol. The van der Waals surface area contributed by atoms with E-state index in [1.807, 2.05) is 0 Å². The van der Waals surface area contributed by atoms with Crippen LogP contribution in [0, 0.1) is 6.92 Å². The molecule has 0 spiro atoms. The summed E-state index contributed by atoms with van der Waals surface area (Å²) in [6, 6.07) is 0.225. The van der Waals surface area contributed by atoms with E-state index in [-0.39, 0.29) is 10.6 Å². The van der Waals surface area contributed by atoms with Gasteiger partial charge in [-0.25, -0.2) is 13.4 Å². The van der Waals surface area contributed by atoms with E-state index in [1.54, 1.807) is 6.92 Å². The highest BCUT2D eigenvalue weighted by molar-refractivity contribution is 9.11. The highest BCUT2D eigenvalue weighted by Crippen LogP contribution is 2.30. The van der Waals surface area contributed by atoms with E-state index < -0.39 is 22.0 Å². The smallest absolute Gasteiger partial charge is 0.322 e. The molecule has 0 aliphatic rings. The monoisotopic (exact) mass is 393 g/mol. The normalized spacial score (nSPS) is 13.2. The van der Waals surface area contributed by atoms with Crippen molar-refractivity contribution in [2.45, 2.75) is 23.6 Å². The van der Waals surface area contributed by atoms with E-state index in [0.29, 0.717) is 9.48 Å². The first-order valence-electron chi connectivity index (χ1n) is 5.78. The zero-order chi connectivity index (χ0) is 15.6. The molecule has 3 N–H and O–H groups in total. The topological polar surface area (TPSA) is 112 Å². The van der Waals surface area contributed by atoms with Crippen LogP contribution in [0.1, 0.15) is 11.3 Å². The van der Waals surface area contributed by atoms with Crippen LogP contribution in [0.2, 0.25) is 0 Å². The van der Waals surface area contributed by atoms with Crippen LogP contribution in [0.4, 0.5) is 0 Å². The number of halogens is 1. The molecule has 2 heterocycles. The van der Waals surface area contributed by atoms with Gasteiger partial charge in [0.2, 0.25) is 0 Å². The summed E-state index contributed by atoms with van der Waals surface area (Å²) in [5, 5.41) is 9.18.